The van der Waals surface area contributed by atoms with Crippen LogP contribution < -0.4 is 9.46 Å². The van der Waals surface area contributed by atoms with Crippen molar-refractivity contribution < 1.29 is 13.2 Å². The fourth-order valence-electron chi connectivity index (χ4n) is 2.92. The molecule has 26 heavy (non-hydrogen) atoms. The zero-order valence-corrected chi connectivity index (χ0v) is 16.0. The van der Waals surface area contributed by atoms with Crippen molar-refractivity contribution in [3.63, 3.8) is 0 Å². The fourth-order valence-corrected chi connectivity index (χ4v) is 4.29. The van der Waals surface area contributed by atoms with Gasteiger partial charge in [0.15, 0.2) is 0 Å². The molecule has 136 valence electrons. The van der Waals surface area contributed by atoms with E-state index in [9.17, 15) is 8.42 Å². The number of aromatic nitrogens is 2. The van der Waals surface area contributed by atoms with E-state index >= 15 is 0 Å². The quantitative estimate of drug-likeness (QED) is 0.745. The summed E-state index contributed by atoms with van der Waals surface area (Å²) in [4.78, 5) is 0.221. The highest BCUT2D eigenvalue weighted by molar-refractivity contribution is 7.92. The molecule has 2 aromatic carbocycles. The standard InChI is InChI=1S/C19H21N3O3S/c1-13-11-18(14(2)10-17(13)25-4)26(23,24)21-16-12-20-22(3)19(16)15-8-6-5-7-9-15/h5-12,21H,1-4H3. The van der Waals surface area contributed by atoms with Gasteiger partial charge in [-0.2, -0.15) is 5.10 Å². The number of rotatable bonds is 5. The predicted molar refractivity (Wildman–Crippen MR) is 102 cm³/mol. The highest BCUT2D eigenvalue weighted by atomic mass is 32.2. The van der Waals surface area contributed by atoms with Crippen molar-refractivity contribution >= 4 is 15.7 Å². The summed E-state index contributed by atoms with van der Waals surface area (Å²) in [6, 6.07) is 12.9. The molecule has 1 N–H and O–H groups in total. The lowest BCUT2D eigenvalue weighted by Crippen LogP contribution is -2.15. The normalized spacial score (nSPS) is 11.4. The summed E-state index contributed by atoms with van der Waals surface area (Å²) in [5.74, 6) is 0.660. The van der Waals surface area contributed by atoms with Gasteiger partial charge in [0.05, 0.1) is 29.6 Å². The second kappa shape index (κ2) is 6.84. The van der Waals surface area contributed by atoms with Crippen LogP contribution in [-0.2, 0) is 17.1 Å². The first kappa shape index (κ1) is 18.0. The predicted octanol–water partition coefficient (Wildman–Crippen LogP) is 3.51. The van der Waals surface area contributed by atoms with E-state index in [2.05, 4.69) is 9.82 Å². The third-order valence-corrected chi connectivity index (χ3v) is 5.72. The van der Waals surface area contributed by atoms with Gasteiger partial charge < -0.3 is 4.74 Å². The van der Waals surface area contributed by atoms with Crippen LogP contribution in [0.1, 0.15) is 11.1 Å². The third-order valence-electron chi connectivity index (χ3n) is 4.21. The number of hydrogen-bond acceptors (Lipinski definition) is 4. The summed E-state index contributed by atoms with van der Waals surface area (Å²) in [7, 11) is -0.421. The molecule has 0 spiro atoms. The zero-order valence-electron chi connectivity index (χ0n) is 15.1. The van der Waals surface area contributed by atoms with Crippen molar-refractivity contribution in [3.8, 4) is 17.0 Å². The van der Waals surface area contributed by atoms with Gasteiger partial charge in [-0.25, -0.2) is 8.42 Å². The summed E-state index contributed by atoms with van der Waals surface area (Å²) in [6.45, 7) is 3.56. The lowest BCUT2D eigenvalue weighted by molar-refractivity contribution is 0.411. The van der Waals surface area contributed by atoms with Crippen LogP contribution in [0.5, 0.6) is 5.75 Å². The molecule has 0 radical (unpaired) electrons. The summed E-state index contributed by atoms with van der Waals surface area (Å²) in [5.41, 5.74) is 3.40. The molecule has 6 nitrogen and oxygen atoms in total. The molecule has 0 saturated carbocycles. The molecular weight excluding hydrogens is 350 g/mol. The monoisotopic (exact) mass is 371 g/mol. The van der Waals surface area contributed by atoms with E-state index < -0.39 is 10.0 Å². The van der Waals surface area contributed by atoms with Gasteiger partial charge >= 0.3 is 0 Å². The molecule has 3 aromatic rings. The Labute approximate surface area is 153 Å². The van der Waals surface area contributed by atoms with E-state index in [1.54, 1.807) is 37.9 Å². The molecule has 0 atom stereocenters. The third kappa shape index (κ3) is 3.30. The van der Waals surface area contributed by atoms with Crippen molar-refractivity contribution in [2.75, 3.05) is 11.8 Å². The topological polar surface area (TPSA) is 73.2 Å². The van der Waals surface area contributed by atoms with Crippen LogP contribution in [0.2, 0.25) is 0 Å². The van der Waals surface area contributed by atoms with E-state index in [1.807, 2.05) is 37.3 Å². The minimum Gasteiger partial charge on any atom is -0.496 e. The highest BCUT2D eigenvalue weighted by Crippen LogP contribution is 2.31. The molecule has 1 heterocycles. The minimum absolute atomic E-state index is 0.221. The van der Waals surface area contributed by atoms with Crippen LogP contribution in [0, 0.1) is 13.8 Å². The molecular formula is C19H21N3O3S. The van der Waals surface area contributed by atoms with Gasteiger partial charge in [-0.05, 0) is 37.1 Å². The average molecular weight is 371 g/mol. The van der Waals surface area contributed by atoms with Gasteiger partial charge in [0, 0.05) is 12.6 Å². The van der Waals surface area contributed by atoms with Crippen LogP contribution >= 0.6 is 0 Å². The van der Waals surface area contributed by atoms with E-state index in [0.717, 1.165) is 11.1 Å². The molecule has 0 unspecified atom stereocenters. The fraction of sp³-hybridized carbons (Fsp3) is 0.211. The van der Waals surface area contributed by atoms with Gasteiger partial charge in [0.25, 0.3) is 10.0 Å². The highest BCUT2D eigenvalue weighted by Gasteiger charge is 2.22. The summed E-state index contributed by atoms with van der Waals surface area (Å²) < 4.78 is 35.5. The van der Waals surface area contributed by atoms with E-state index in [4.69, 9.17) is 4.74 Å². The number of nitrogens with zero attached hydrogens (tertiary/aromatic N) is 2. The molecule has 1 aromatic heterocycles. The number of ether oxygens (including phenoxy) is 1. The first-order valence-electron chi connectivity index (χ1n) is 8.09. The Kier molecular flexibility index (Phi) is 4.73. The van der Waals surface area contributed by atoms with Crippen molar-refractivity contribution in [2.45, 2.75) is 18.7 Å². The van der Waals surface area contributed by atoms with E-state index in [-0.39, 0.29) is 4.90 Å². The van der Waals surface area contributed by atoms with Crippen molar-refractivity contribution in [1.29, 1.82) is 0 Å². The summed E-state index contributed by atoms with van der Waals surface area (Å²) in [5, 5.41) is 4.21. The first-order chi connectivity index (χ1) is 12.3. The number of benzene rings is 2. The Bertz CT molecular complexity index is 1040. The second-order valence-electron chi connectivity index (χ2n) is 6.09. The molecule has 7 heteroatoms. The Balaban J connectivity index is 2.04. The van der Waals surface area contributed by atoms with Gasteiger partial charge in [-0.3, -0.25) is 9.40 Å². The van der Waals surface area contributed by atoms with Crippen LogP contribution in [0.3, 0.4) is 0 Å². The SMILES string of the molecule is COc1cc(C)c(S(=O)(=O)Nc2cnn(C)c2-c2ccccc2)cc1C. The lowest BCUT2D eigenvalue weighted by Gasteiger charge is -2.14. The lowest BCUT2D eigenvalue weighted by atomic mass is 10.1. The number of methoxy groups -OCH3 is 1. The number of sulfonamides is 1. The Morgan fingerprint density at radius 3 is 2.42 bits per heavy atom. The summed E-state index contributed by atoms with van der Waals surface area (Å²) in [6.07, 6.45) is 1.52. The summed E-state index contributed by atoms with van der Waals surface area (Å²) >= 11 is 0. The number of aryl methyl sites for hydroxylation is 3. The maximum absolute atomic E-state index is 13.0. The van der Waals surface area contributed by atoms with Crippen molar-refractivity contribution in [3.05, 3.63) is 59.8 Å². The average Bonchev–Trinajstić information content (AvgIpc) is 2.96. The van der Waals surface area contributed by atoms with Crippen molar-refractivity contribution in [1.82, 2.24) is 9.78 Å². The largest absolute Gasteiger partial charge is 0.496 e. The molecule has 3 rings (SSSR count). The second-order valence-corrected chi connectivity index (χ2v) is 7.74. The molecule has 0 fully saturated rings. The molecule has 0 amide bonds. The van der Waals surface area contributed by atoms with Gasteiger partial charge in [0.2, 0.25) is 0 Å². The zero-order chi connectivity index (χ0) is 18.9. The van der Waals surface area contributed by atoms with Crippen LogP contribution in [0.4, 0.5) is 5.69 Å². The Morgan fingerprint density at radius 2 is 1.77 bits per heavy atom. The van der Waals surface area contributed by atoms with Gasteiger partial charge in [0.1, 0.15) is 5.75 Å². The number of anilines is 1. The molecule has 0 aliphatic heterocycles. The maximum atomic E-state index is 13.0. The Hall–Kier alpha value is -2.80. The van der Waals surface area contributed by atoms with E-state index in [1.165, 1.54) is 6.20 Å². The maximum Gasteiger partial charge on any atom is 0.262 e. The van der Waals surface area contributed by atoms with Crippen LogP contribution in [-0.4, -0.2) is 25.3 Å². The molecule has 0 bridgehead atoms. The van der Waals surface area contributed by atoms with E-state index in [0.29, 0.717) is 22.7 Å². The van der Waals surface area contributed by atoms with Crippen LogP contribution in [0.25, 0.3) is 11.3 Å². The molecule has 0 aliphatic rings. The van der Waals surface area contributed by atoms with Crippen molar-refractivity contribution in [2.24, 2.45) is 7.05 Å². The smallest absolute Gasteiger partial charge is 0.262 e. The number of hydrogen-bond donors (Lipinski definition) is 1. The van der Waals surface area contributed by atoms with Crippen LogP contribution in [0.15, 0.2) is 53.6 Å². The first-order valence-corrected chi connectivity index (χ1v) is 9.57. The minimum atomic E-state index is -3.77. The number of nitrogens with one attached hydrogen (secondary N) is 1. The molecule has 0 aliphatic carbocycles. The van der Waals surface area contributed by atoms with Gasteiger partial charge in [-0.15, -0.1) is 0 Å². The Morgan fingerprint density at radius 1 is 1.08 bits per heavy atom. The van der Waals surface area contributed by atoms with Gasteiger partial charge in [-0.1, -0.05) is 30.3 Å². The molecule has 0 saturated heterocycles.